The standard InChI is InChI=1S/C10H7F5N2O2/c1-2-19-10(18)17-16-3-4-5(11)7(13)9(15)8(14)6(4)12/h3H,2H2,1H3,(H,17,18). The Morgan fingerprint density at radius 1 is 1.11 bits per heavy atom. The number of nitrogens with zero attached hydrogens (tertiary/aromatic N) is 1. The van der Waals surface area contributed by atoms with E-state index >= 15 is 0 Å². The van der Waals surface area contributed by atoms with E-state index in [1.165, 1.54) is 6.92 Å². The fourth-order valence-corrected chi connectivity index (χ4v) is 1.05. The van der Waals surface area contributed by atoms with Crippen LogP contribution in [-0.4, -0.2) is 18.9 Å². The Bertz CT molecular complexity index is 504. The van der Waals surface area contributed by atoms with Crippen molar-refractivity contribution in [3.05, 3.63) is 34.6 Å². The number of rotatable bonds is 3. The van der Waals surface area contributed by atoms with Gasteiger partial charge in [0.15, 0.2) is 23.3 Å². The monoisotopic (exact) mass is 282 g/mol. The molecular weight excluding hydrogens is 275 g/mol. The molecule has 0 aliphatic carbocycles. The zero-order valence-electron chi connectivity index (χ0n) is 9.44. The normalized spacial score (nSPS) is 10.8. The number of hydrogen-bond donors (Lipinski definition) is 1. The van der Waals surface area contributed by atoms with Crippen LogP contribution in [0.4, 0.5) is 26.7 Å². The Kier molecular flexibility index (Phi) is 4.79. The van der Waals surface area contributed by atoms with Crippen LogP contribution >= 0.6 is 0 Å². The molecule has 0 aromatic heterocycles. The summed E-state index contributed by atoms with van der Waals surface area (Å²) in [5, 5.41) is 3.01. The molecule has 1 aromatic carbocycles. The van der Waals surface area contributed by atoms with Gasteiger partial charge >= 0.3 is 6.09 Å². The van der Waals surface area contributed by atoms with Crippen molar-refractivity contribution in [2.45, 2.75) is 6.92 Å². The van der Waals surface area contributed by atoms with Crippen LogP contribution in [0, 0.1) is 29.1 Å². The minimum Gasteiger partial charge on any atom is -0.449 e. The van der Waals surface area contributed by atoms with Crippen molar-refractivity contribution in [1.29, 1.82) is 0 Å². The summed E-state index contributed by atoms with van der Waals surface area (Å²) in [6, 6.07) is 0. The Morgan fingerprint density at radius 3 is 2.05 bits per heavy atom. The van der Waals surface area contributed by atoms with Crippen molar-refractivity contribution < 1.29 is 31.5 Å². The molecule has 1 aromatic rings. The van der Waals surface area contributed by atoms with Crippen molar-refractivity contribution in [2.24, 2.45) is 5.10 Å². The predicted molar refractivity (Wildman–Crippen MR) is 54.0 cm³/mol. The molecule has 0 saturated heterocycles. The minimum absolute atomic E-state index is 0.0177. The topological polar surface area (TPSA) is 50.7 Å². The first kappa shape index (κ1) is 14.9. The summed E-state index contributed by atoms with van der Waals surface area (Å²) in [6.45, 7) is 1.51. The van der Waals surface area contributed by atoms with Crippen molar-refractivity contribution >= 4 is 12.3 Å². The van der Waals surface area contributed by atoms with E-state index in [1.807, 2.05) is 0 Å². The zero-order chi connectivity index (χ0) is 14.6. The number of carbonyl (C=O) groups is 1. The lowest BCUT2D eigenvalue weighted by Gasteiger charge is -2.04. The number of benzene rings is 1. The van der Waals surface area contributed by atoms with E-state index in [-0.39, 0.29) is 12.8 Å². The van der Waals surface area contributed by atoms with Gasteiger partial charge in [0.2, 0.25) is 5.82 Å². The molecule has 0 aliphatic heterocycles. The summed E-state index contributed by atoms with van der Waals surface area (Å²) < 4.78 is 68.8. The highest BCUT2D eigenvalue weighted by atomic mass is 19.2. The van der Waals surface area contributed by atoms with Crippen LogP contribution in [0.15, 0.2) is 5.10 Å². The lowest BCUT2D eigenvalue weighted by molar-refractivity contribution is 0.152. The second kappa shape index (κ2) is 6.12. The summed E-state index contributed by atoms with van der Waals surface area (Å²) >= 11 is 0. The Hall–Kier alpha value is -2.19. The molecule has 0 saturated carbocycles. The third-order valence-corrected chi connectivity index (χ3v) is 1.87. The highest BCUT2D eigenvalue weighted by molar-refractivity contribution is 5.81. The van der Waals surface area contributed by atoms with Gasteiger partial charge in [-0.05, 0) is 6.92 Å². The van der Waals surface area contributed by atoms with Gasteiger partial charge in [-0.25, -0.2) is 32.2 Å². The molecular formula is C10H7F5N2O2. The largest absolute Gasteiger partial charge is 0.449 e. The maximum atomic E-state index is 13.1. The summed E-state index contributed by atoms with van der Waals surface area (Å²) in [4.78, 5) is 10.7. The molecule has 1 N–H and O–H groups in total. The maximum Gasteiger partial charge on any atom is 0.427 e. The molecule has 0 spiro atoms. The van der Waals surface area contributed by atoms with Gasteiger partial charge in [-0.3, -0.25) is 0 Å². The Morgan fingerprint density at radius 2 is 1.58 bits per heavy atom. The van der Waals surface area contributed by atoms with Crippen molar-refractivity contribution in [1.82, 2.24) is 5.43 Å². The molecule has 9 heteroatoms. The number of amides is 1. The van der Waals surface area contributed by atoms with E-state index in [1.54, 1.807) is 5.43 Å². The van der Waals surface area contributed by atoms with Gasteiger partial charge < -0.3 is 4.74 Å². The number of halogens is 5. The average Bonchev–Trinajstić information content (AvgIpc) is 2.38. The third-order valence-electron chi connectivity index (χ3n) is 1.87. The molecule has 0 radical (unpaired) electrons. The summed E-state index contributed by atoms with van der Waals surface area (Å²) in [7, 11) is 0. The van der Waals surface area contributed by atoms with E-state index < -0.39 is 40.7 Å². The molecule has 0 atom stereocenters. The number of ether oxygens (including phenoxy) is 1. The van der Waals surface area contributed by atoms with Crippen LogP contribution in [0.1, 0.15) is 12.5 Å². The first-order valence-corrected chi connectivity index (χ1v) is 4.87. The van der Waals surface area contributed by atoms with Gasteiger partial charge in [0.25, 0.3) is 0 Å². The Labute approximate surface area is 103 Å². The first-order valence-electron chi connectivity index (χ1n) is 4.87. The molecule has 19 heavy (non-hydrogen) atoms. The number of hydrogen-bond acceptors (Lipinski definition) is 3. The second-order valence-electron chi connectivity index (χ2n) is 3.07. The predicted octanol–water partition coefficient (Wildman–Crippen LogP) is 2.46. The number of carbonyl (C=O) groups excluding carboxylic acids is 1. The van der Waals surface area contributed by atoms with Crippen molar-refractivity contribution in [3.8, 4) is 0 Å². The van der Waals surface area contributed by atoms with Gasteiger partial charge in [-0.2, -0.15) is 5.10 Å². The SMILES string of the molecule is CCOC(=O)NN=Cc1c(F)c(F)c(F)c(F)c1F. The van der Waals surface area contributed by atoms with Crippen molar-refractivity contribution in [3.63, 3.8) is 0 Å². The van der Waals surface area contributed by atoms with E-state index in [0.29, 0.717) is 0 Å². The van der Waals surface area contributed by atoms with E-state index in [0.717, 1.165) is 0 Å². The first-order chi connectivity index (χ1) is 8.90. The Balaban J connectivity index is 3.02. The third kappa shape index (κ3) is 3.18. The maximum absolute atomic E-state index is 13.1. The highest BCUT2D eigenvalue weighted by Gasteiger charge is 2.24. The molecule has 1 rings (SSSR count). The fraction of sp³-hybridized carbons (Fsp3) is 0.200. The minimum atomic E-state index is -2.27. The zero-order valence-corrected chi connectivity index (χ0v) is 9.44. The van der Waals surface area contributed by atoms with Gasteiger partial charge in [0.05, 0.1) is 18.4 Å². The molecule has 104 valence electrons. The molecule has 0 unspecified atom stereocenters. The van der Waals surface area contributed by atoms with E-state index in [9.17, 15) is 26.7 Å². The van der Waals surface area contributed by atoms with E-state index in [2.05, 4.69) is 9.84 Å². The van der Waals surface area contributed by atoms with Crippen LogP contribution in [-0.2, 0) is 4.74 Å². The van der Waals surface area contributed by atoms with Gasteiger partial charge in [-0.1, -0.05) is 0 Å². The average molecular weight is 282 g/mol. The van der Waals surface area contributed by atoms with Crippen molar-refractivity contribution in [2.75, 3.05) is 6.61 Å². The molecule has 0 aliphatic rings. The number of hydrazone groups is 1. The van der Waals surface area contributed by atoms with Gasteiger partial charge in [0.1, 0.15) is 0 Å². The summed E-state index contributed by atoms with van der Waals surface area (Å²) in [5.74, 6) is -10.6. The van der Waals surface area contributed by atoms with Crippen LogP contribution in [0.25, 0.3) is 0 Å². The molecule has 0 bridgehead atoms. The summed E-state index contributed by atoms with van der Waals surface area (Å²) in [6.07, 6.45) is -0.754. The lowest BCUT2D eigenvalue weighted by Crippen LogP contribution is -2.19. The molecule has 0 fully saturated rings. The number of nitrogens with one attached hydrogen (secondary N) is 1. The molecule has 4 nitrogen and oxygen atoms in total. The summed E-state index contributed by atoms with van der Waals surface area (Å²) in [5.41, 5.74) is 0.406. The smallest absolute Gasteiger partial charge is 0.427 e. The molecule has 0 heterocycles. The lowest BCUT2D eigenvalue weighted by atomic mass is 10.2. The van der Waals surface area contributed by atoms with Crippen LogP contribution in [0.5, 0.6) is 0 Å². The van der Waals surface area contributed by atoms with E-state index in [4.69, 9.17) is 0 Å². The van der Waals surface area contributed by atoms with Crippen LogP contribution in [0.2, 0.25) is 0 Å². The molecule has 1 amide bonds. The van der Waals surface area contributed by atoms with Crippen LogP contribution in [0.3, 0.4) is 0 Å². The quantitative estimate of drug-likeness (QED) is 0.304. The fourth-order valence-electron chi connectivity index (χ4n) is 1.05. The van der Waals surface area contributed by atoms with Crippen LogP contribution < -0.4 is 5.43 Å². The second-order valence-corrected chi connectivity index (χ2v) is 3.07. The van der Waals surface area contributed by atoms with Gasteiger partial charge in [-0.15, -0.1) is 0 Å². The van der Waals surface area contributed by atoms with Gasteiger partial charge in [0, 0.05) is 0 Å². The highest BCUT2D eigenvalue weighted by Crippen LogP contribution is 2.21.